The first-order chi connectivity index (χ1) is 17.8. The number of carbonyl (C=O) groups is 3. The van der Waals surface area contributed by atoms with Crippen LogP contribution in [0.4, 0.5) is 9.59 Å². The number of hydrogen-bond acceptors (Lipinski definition) is 6. The van der Waals surface area contributed by atoms with E-state index in [0.717, 1.165) is 5.56 Å². The van der Waals surface area contributed by atoms with Crippen LogP contribution in [0.15, 0.2) is 60.7 Å². The highest BCUT2D eigenvalue weighted by Crippen LogP contribution is 2.18. The molecule has 8 nitrogen and oxygen atoms in total. The van der Waals surface area contributed by atoms with Crippen molar-refractivity contribution in [3.8, 4) is 0 Å². The smallest absolute Gasteiger partial charge is 0.408 e. The van der Waals surface area contributed by atoms with Gasteiger partial charge in [0.25, 0.3) is 0 Å². The Morgan fingerprint density at radius 1 is 0.842 bits per heavy atom. The number of alkyl carbamates (subject to hydrolysis) is 2. The van der Waals surface area contributed by atoms with Crippen LogP contribution in [-0.2, 0) is 14.3 Å². The maximum atomic E-state index is 11.8. The summed E-state index contributed by atoms with van der Waals surface area (Å²) in [5.74, 6) is 0. The van der Waals surface area contributed by atoms with E-state index in [9.17, 15) is 19.5 Å². The van der Waals surface area contributed by atoms with Gasteiger partial charge in [-0.1, -0.05) is 60.7 Å². The van der Waals surface area contributed by atoms with E-state index in [1.165, 1.54) is 0 Å². The molecule has 0 spiro atoms. The molecule has 2 amide bonds. The first kappa shape index (κ1) is 31.5. The van der Waals surface area contributed by atoms with Crippen LogP contribution in [0.25, 0.3) is 0 Å². The van der Waals surface area contributed by atoms with Gasteiger partial charge in [0.1, 0.15) is 18.8 Å². The number of amides is 2. The second-order valence-corrected chi connectivity index (χ2v) is 9.93. The lowest BCUT2D eigenvalue weighted by Crippen LogP contribution is -2.35. The summed E-state index contributed by atoms with van der Waals surface area (Å²) in [6.45, 7) is 8.15. The summed E-state index contributed by atoms with van der Waals surface area (Å²) in [5.41, 5.74) is 0.241. The molecule has 0 aromatic heterocycles. The summed E-state index contributed by atoms with van der Waals surface area (Å²) in [7, 11) is 0. The molecule has 0 fully saturated rings. The zero-order chi connectivity index (χ0) is 29.9. The van der Waals surface area contributed by atoms with E-state index in [1.807, 2.05) is 24.3 Å². The predicted octanol–water partition coefficient (Wildman–Crippen LogP) is 5.70. The lowest BCUT2D eigenvalue weighted by Gasteiger charge is -2.23. The highest BCUT2D eigenvalue weighted by Gasteiger charge is 2.21. The number of aldehydes is 1. The Balaban J connectivity index is 0. The highest BCUT2D eigenvalue weighted by molar-refractivity contribution is 7.59. The number of hydrogen-bond donors (Lipinski definition) is 3. The number of aliphatic hydroxyl groups is 1. The van der Waals surface area contributed by atoms with E-state index in [4.69, 9.17) is 13.6 Å². The molecule has 10 heteroatoms. The van der Waals surface area contributed by atoms with Gasteiger partial charge in [0.2, 0.25) is 0 Å². The van der Waals surface area contributed by atoms with Crippen molar-refractivity contribution in [3.63, 3.8) is 0 Å². The monoisotopic (exact) mass is 571 g/mol. The Labute approximate surface area is 245 Å². The number of nitrogens with one attached hydrogen (secondary N) is 2. The summed E-state index contributed by atoms with van der Waals surface area (Å²) in [5, 5.41) is 14.5. The SMILES string of the molecule is S.S.[2H]C(=O)C[C@H](NC(=O)OC(C)(C)C)c1ccccc1.[2H]C([2H])(O)C[C@H](NC(=O)OC(C)(C)C)c1ccccc1. The molecule has 0 saturated carbocycles. The molecule has 214 valence electrons. The third-order valence-electron chi connectivity index (χ3n) is 4.37. The maximum Gasteiger partial charge on any atom is 0.408 e. The molecule has 0 radical (unpaired) electrons. The molecule has 0 aliphatic heterocycles. The first-order valence-corrected chi connectivity index (χ1v) is 11.7. The highest BCUT2D eigenvalue weighted by atomic mass is 32.1. The van der Waals surface area contributed by atoms with Crippen LogP contribution >= 0.6 is 27.0 Å². The van der Waals surface area contributed by atoms with E-state index < -0.39 is 48.3 Å². The van der Waals surface area contributed by atoms with Gasteiger partial charge in [-0.25, -0.2) is 9.59 Å². The van der Waals surface area contributed by atoms with Crippen molar-refractivity contribution in [3.05, 3.63) is 71.8 Å². The molecule has 0 heterocycles. The van der Waals surface area contributed by atoms with Crippen molar-refractivity contribution in [2.45, 2.75) is 77.7 Å². The molecule has 0 unspecified atom stereocenters. The summed E-state index contributed by atoms with van der Waals surface area (Å²) in [6, 6.07) is 16.8. The Kier molecular flexibility index (Phi) is 15.4. The van der Waals surface area contributed by atoms with Crippen LogP contribution in [0.5, 0.6) is 0 Å². The summed E-state index contributed by atoms with van der Waals surface area (Å²) < 4.78 is 31.9. The lowest BCUT2D eigenvalue weighted by molar-refractivity contribution is -0.108. The van der Waals surface area contributed by atoms with Crippen molar-refractivity contribution in [1.82, 2.24) is 10.6 Å². The molecule has 0 bridgehead atoms. The first-order valence-electron chi connectivity index (χ1n) is 13.2. The fourth-order valence-corrected chi connectivity index (χ4v) is 2.95. The minimum atomic E-state index is -2.38. The zero-order valence-electron chi connectivity index (χ0n) is 25.8. The Morgan fingerprint density at radius 3 is 1.55 bits per heavy atom. The van der Waals surface area contributed by atoms with E-state index >= 15 is 0 Å². The summed E-state index contributed by atoms with van der Waals surface area (Å²) in [6.07, 6.45) is -2.30. The van der Waals surface area contributed by atoms with Gasteiger partial charge in [0, 0.05) is 13.0 Å². The number of carbonyl (C=O) groups excluding carboxylic acids is 3. The van der Waals surface area contributed by atoms with Gasteiger partial charge in [-0.3, -0.25) is 0 Å². The van der Waals surface area contributed by atoms with Crippen LogP contribution in [0.2, 0.25) is 0 Å². The molecule has 0 saturated heterocycles. The van der Waals surface area contributed by atoms with Gasteiger partial charge in [0.05, 0.1) is 14.8 Å². The van der Waals surface area contributed by atoms with Crippen molar-refractivity contribution in [1.29, 1.82) is 0 Å². The number of benzene rings is 2. The van der Waals surface area contributed by atoms with Crippen LogP contribution in [-0.4, -0.2) is 41.3 Å². The molecule has 2 atom stereocenters. The Morgan fingerprint density at radius 2 is 1.21 bits per heavy atom. The molecule has 2 aromatic rings. The summed E-state index contributed by atoms with van der Waals surface area (Å²) in [4.78, 5) is 34.5. The fraction of sp³-hybridized carbons (Fsp3) is 0.464. The van der Waals surface area contributed by atoms with Crippen LogP contribution in [0.3, 0.4) is 0 Å². The largest absolute Gasteiger partial charge is 0.444 e. The molecule has 0 aliphatic carbocycles. The van der Waals surface area contributed by atoms with Gasteiger partial charge < -0.3 is 30.0 Å². The van der Waals surface area contributed by atoms with E-state index in [0.29, 0.717) is 5.56 Å². The fourth-order valence-electron chi connectivity index (χ4n) is 2.95. The van der Waals surface area contributed by atoms with E-state index in [2.05, 4.69) is 10.6 Å². The van der Waals surface area contributed by atoms with Gasteiger partial charge in [-0.15, -0.1) is 0 Å². The topological polar surface area (TPSA) is 114 Å². The van der Waals surface area contributed by atoms with E-state index in [-0.39, 0.29) is 39.8 Å². The molecular formula is C28H44N2O6S2. The molecule has 2 aromatic carbocycles. The second kappa shape index (κ2) is 18.5. The average molecular weight is 572 g/mol. The van der Waals surface area contributed by atoms with Crippen molar-refractivity contribution < 1.29 is 33.1 Å². The van der Waals surface area contributed by atoms with Crippen molar-refractivity contribution in [2.75, 3.05) is 6.56 Å². The molecule has 3 N–H and O–H groups in total. The van der Waals surface area contributed by atoms with Gasteiger partial charge in [-0.2, -0.15) is 27.0 Å². The average Bonchev–Trinajstić information content (AvgIpc) is 2.76. The van der Waals surface area contributed by atoms with Gasteiger partial charge in [-0.05, 0) is 59.1 Å². The Bertz CT molecular complexity index is 1060. The van der Waals surface area contributed by atoms with Gasteiger partial charge >= 0.3 is 12.2 Å². The minimum Gasteiger partial charge on any atom is -0.444 e. The quantitative estimate of drug-likeness (QED) is 0.350. The zero-order valence-corrected chi connectivity index (χ0v) is 24.8. The van der Waals surface area contributed by atoms with Crippen LogP contribution < -0.4 is 10.6 Å². The van der Waals surface area contributed by atoms with Crippen molar-refractivity contribution in [2.24, 2.45) is 0 Å². The van der Waals surface area contributed by atoms with E-state index in [1.54, 1.807) is 77.9 Å². The molecule has 0 aliphatic rings. The van der Waals surface area contributed by atoms with Crippen molar-refractivity contribution >= 4 is 45.4 Å². The molecule has 38 heavy (non-hydrogen) atoms. The minimum absolute atomic E-state index is 0. The summed E-state index contributed by atoms with van der Waals surface area (Å²) >= 11 is 0. The standard InChI is InChI=1S/C14H21NO3.C14H19NO3.2H2S/c2*1-14(2,3)18-13(17)15-12(9-10-16)11-7-5-4-6-8-11;;/h4-8,12,16H,9-10H2,1-3H3,(H,15,17);4-8,10,12H,9H2,1-3H3,(H,15,17);2*1H2/t2*12-;;/m00../s1/i10D2;10D;;. The lowest BCUT2D eigenvalue weighted by atomic mass is 10.0. The molecular weight excluding hydrogens is 524 g/mol. The second-order valence-electron chi connectivity index (χ2n) is 9.93. The normalized spacial score (nSPS) is 13.6. The number of rotatable bonds is 8. The Hall–Kier alpha value is -2.69. The third-order valence-corrected chi connectivity index (χ3v) is 4.37. The maximum absolute atomic E-state index is 11.8. The van der Waals surface area contributed by atoms with Crippen LogP contribution in [0, 0.1) is 0 Å². The number of ether oxygens (including phenoxy) is 2. The predicted molar refractivity (Wildman–Crippen MR) is 160 cm³/mol. The third kappa shape index (κ3) is 16.9. The van der Waals surface area contributed by atoms with Gasteiger partial charge in [0.15, 0.2) is 0 Å². The molecule has 2 rings (SSSR count). The van der Waals surface area contributed by atoms with Crippen LogP contribution in [0.1, 0.15) is 81.7 Å².